The molecule has 1 aromatic carbocycles. The highest BCUT2D eigenvalue weighted by Gasteiger charge is 2.07. The van der Waals surface area contributed by atoms with Crippen LogP contribution in [0.2, 0.25) is 5.15 Å². The summed E-state index contributed by atoms with van der Waals surface area (Å²) in [5, 5.41) is 1.78. The molecule has 0 bridgehead atoms. The third-order valence-electron chi connectivity index (χ3n) is 3.33. The van der Waals surface area contributed by atoms with E-state index < -0.39 is 0 Å². The predicted octanol–water partition coefficient (Wildman–Crippen LogP) is 4.51. The van der Waals surface area contributed by atoms with E-state index in [4.69, 9.17) is 11.6 Å². The summed E-state index contributed by atoms with van der Waals surface area (Å²) in [7, 11) is 2.14. The van der Waals surface area contributed by atoms with E-state index in [1.807, 2.05) is 18.2 Å². The molecule has 0 amide bonds. The van der Waals surface area contributed by atoms with Crippen LogP contribution in [0.1, 0.15) is 31.7 Å². The van der Waals surface area contributed by atoms with E-state index in [2.05, 4.69) is 36.0 Å². The number of aromatic nitrogens is 1. The molecule has 2 rings (SSSR count). The minimum Gasteiger partial charge on any atom is -0.302 e. The number of unbranched alkanes of at least 4 members (excludes halogenated alkanes) is 2. The van der Waals surface area contributed by atoms with Gasteiger partial charge < -0.3 is 4.90 Å². The van der Waals surface area contributed by atoms with Gasteiger partial charge in [-0.25, -0.2) is 4.98 Å². The predicted molar refractivity (Wildman–Crippen MR) is 82.6 cm³/mol. The number of halogens is 1. The van der Waals surface area contributed by atoms with Gasteiger partial charge in [-0.05, 0) is 32.1 Å². The number of rotatable bonds is 6. The Morgan fingerprint density at radius 3 is 2.79 bits per heavy atom. The number of benzene rings is 1. The van der Waals surface area contributed by atoms with Crippen LogP contribution in [-0.4, -0.2) is 23.5 Å². The van der Waals surface area contributed by atoms with Crippen LogP contribution in [0, 0.1) is 0 Å². The van der Waals surface area contributed by atoms with Crippen molar-refractivity contribution in [2.75, 3.05) is 13.6 Å². The zero-order valence-corrected chi connectivity index (χ0v) is 12.5. The molecule has 0 aliphatic heterocycles. The first kappa shape index (κ1) is 14.3. The van der Waals surface area contributed by atoms with E-state index in [0.29, 0.717) is 5.15 Å². The largest absolute Gasteiger partial charge is 0.302 e. The lowest BCUT2D eigenvalue weighted by atomic mass is 10.1. The molecule has 2 aromatic rings. The molecule has 0 aliphatic carbocycles. The average molecular weight is 277 g/mol. The first-order valence-electron chi connectivity index (χ1n) is 6.93. The van der Waals surface area contributed by atoms with Gasteiger partial charge in [0.15, 0.2) is 0 Å². The van der Waals surface area contributed by atoms with Crippen LogP contribution >= 0.6 is 11.6 Å². The number of nitrogens with zero attached hydrogens (tertiary/aromatic N) is 2. The van der Waals surface area contributed by atoms with Crippen LogP contribution < -0.4 is 0 Å². The van der Waals surface area contributed by atoms with Crippen molar-refractivity contribution in [3.63, 3.8) is 0 Å². The lowest BCUT2D eigenvalue weighted by molar-refractivity contribution is 0.318. The van der Waals surface area contributed by atoms with Crippen molar-refractivity contribution in [2.24, 2.45) is 0 Å². The summed E-state index contributed by atoms with van der Waals surface area (Å²) in [6, 6.07) is 10.3. The molecular formula is C16H21ClN2. The Balaban J connectivity index is 2.09. The lowest BCUT2D eigenvalue weighted by Crippen LogP contribution is -2.19. The molecule has 0 aliphatic rings. The van der Waals surface area contributed by atoms with Crippen molar-refractivity contribution in [1.82, 2.24) is 9.88 Å². The topological polar surface area (TPSA) is 16.1 Å². The standard InChI is InChI=1S/C16H21ClN2/c1-3-4-7-10-19(2)12-14-11-13-8-5-6-9-15(13)18-16(14)17/h5-6,8-9,11H,3-4,7,10,12H2,1-2H3. The molecule has 0 atom stereocenters. The fourth-order valence-electron chi connectivity index (χ4n) is 2.25. The molecule has 0 saturated heterocycles. The SMILES string of the molecule is CCCCCN(C)Cc1cc2ccccc2nc1Cl. The highest BCUT2D eigenvalue weighted by Crippen LogP contribution is 2.21. The number of pyridine rings is 1. The Hall–Kier alpha value is -1.12. The molecule has 1 heterocycles. The van der Waals surface area contributed by atoms with E-state index in [0.717, 1.165) is 29.6 Å². The smallest absolute Gasteiger partial charge is 0.134 e. The molecule has 3 heteroatoms. The van der Waals surface area contributed by atoms with Crippen LogP contribution in [0.25, 0.3) is 10.9 Å². The van der Waals surface area contributed by atoms with Crippen LogP contribution in [0.5, 0.6) is 0 Å². The summed E-state index contributed by atoms with van der Waals surface area (Å²) in [6.07, 6.45) is 3.78. The highest BCUT2D eigenvalue weighted by atomic mass is 35.5. The molecule has 102 valence electrons. The molecule has 0 unspecified atom stereocenters. The van der Waals surface area contributed by atoms with E-state index in [9.17, 15) is 0 Å². The molecule has 1 aromatic heterocycles. The summed E-state index contributed by atoms with van der Waals surface area (Å²) < 4.78 is 0. The Kier molecular flexibility index (Phi) is 5.17. The van der Waals surface area contributed by atoms with Gasteiger partial charge in [-0.1, -0.05) is 49.6 Å². The molecule has 0 saturated carbocycles. The average Bonchev–Trinajstić information content (AvgIpc) is 2.40. The van der Waals surface area contributed by atoms with E-state index in [-0.39, 0.29) is 0 Å². The van der Waals surface area contributed by atoms with Gasteiger partial charge in [0.05, 0.1) is 5.52 Å². The zero-order valence-electron chi connectivity index (χ0n) is 11.7. The molecule has 0 radical (unpaired) electrons. The molecule has 0 fully saturated rings. The van der Waals surface area contributed by atoms with Gasteiger partial charge in [0.25, 0.3) is 0 Å². The zero-order chi connectivity index (χ0) is 13.7. The summed E-state index contributed by atoms with van der Waals surface area (Å²) >= 11 is 6.27. The number of fused-ring (bicyclic) bond motifs is 1. The minimum atomic E-state index is 0.626. The van der Waals surface area contributed by atoms with Gasteiger partial charge in [-0.15, -0.1) is 0 Å². The molecule has 19 heavy (non-hydrogen) atoms. The van der Waals surface area contributed by atoms with Crippen LogP contribution in [-0.2, 0) is 6.54 Å². The maximum atomic E-state index is 6.27. The van der Waals surface area contributed by atoms with Gasteiger partial charge in [0.1, 0.15) is 5.15 Å². The first-order valence-corrected chi connectivity index (χ1v) is 7.31. The molecule has 2 nitrogen and oxygen atoms in total. The summed E-state index contributed by atoms with van der Waals surface area (Å²) in [5.41, 5.74) is 2.07. The minimum absolute atomic E-state index is 0.626. The van der Waals surface area contributed by atoms with Crippen molar-refractivity contribution < 1.29 is 0 Å². The third kappa shape index (κ3) is 3.92. The maximum Gasteiger partial charge on any atom is 0.134 e. The van der Waals surface area contributed by atoms with Gasteiger partial charge >= 0.3 is 0 Å². The fourth-order valence-corrected chi connectivity index (χ4v) is 2.45. The quantitative estimate of drug-likeness (QED) is 0.570. The molecule has 0 spiro atoms. The van der Waals surface area contributed by atoms with Gasteiger partial charge in [0, 0.05) is 17.5 Å². The van der Waals surface area contributed by atoms with E-state index in [1.54, 1.807) is 0 Å². The molecular weight excluding hydrogens is 256 g/mol. The normalized spacial score (nSPS) is 11.4. The Labute approximate surface area is 120 Å². The number of para-hydroxylation sites is 1. The second kappa shape index (κ2) is 6.88. The Morgan fingerprint density at radius 1 is 1.21 bits per heavy atom. The summed E-state index contributed by atoms with van der Waals surface area (Å²) in [6.45, 7) is 4.20. The summed E-state index contributed by atoms with van der Waals surface area (Å²) in [5.74, 6) is 0. The fraction of sp³-hybridized carbons (Fsp3) is 0.438. The number of hydrogen-bond acceptors (Lipinski definition) is 2. The van der Waals surface area contributed by atoms with Crippen molar-refractivity contribution in [1.29, 1.82) is 0 Å². The van der Waals surface area contributed by atoms with Crippen molar-refractivity contribution in [3.8, 4) is 0 Å². The first-order chi connectivity index (χ1) is 9.20. The Morgan fingerprint density at radius 2 is 2.00 bits per heavy atom. The van der Waals surface area contributed by atoms with E-state index in [1.165, 1.54) is 19.3 Å². The lowest BCUT2D eigenvalue weighted by Gasteiger charge is -2.17. The van der Waals surface area contributed by atoms with Crippen molar-refractivity contribution in [3.05, 3.63) is 41.0 Å². The van der Waals surface area contributed by atoms with Crippen molar-refractivity contribution >= 4 is 22.5 Å². The highest BCUT2D eigenvalue weighted by molar-refractivity contribution is 6.30. The van der Waals surface area contributed by atoms with Crippen molar-refractivity contribution in [2.45, 2.75) is 32.7 Å². The van der Waals surface area contributed by atoms with Crippen LogP contribution in [0.3, 0.4) is 0 Å². The van der Waals surface area contributed by atoms with Gasteiger partial charge in [-0.3, -0.25) is 0 Å². The van der Waals surface area contributed by atoms with Gasteiger partial charge in [-0.2, -0.15) is 0 Å². The van der Waals surface area contributed by atoms with Crippen LogP contribution in [0.4, 0.5) is 0 Å². The summed E-state index contributed by atoms with van der Waals surface area (Å²) in [4.78, 5) is 6.78. The van der Waals surface area contributed by atoms with Crippen LogP contribution in [0.15, 0.2) is 30.3 Å². The number of hydrogen-bond donors (Lipinski definition) is 0. The second-order valence-corrected chi connectivity index (χ2v) is 5.43. The monoisotopic (exact) mass is 276 g/mol. The maximum absolute atomic E-state index is 6.27. The Bertz CT molecular complexity index is 539. The third-order valence-corrected chi connectivity index (χ3v) is 3.66. The second-order valence-electron chi connectivity index (χ2n) is 5.08. The van der Waals surface area contributed by atoms with E-state index >= 15 is 0 Å². The molecule has 0 N–H and O–H groups in total. The van der Waals surface area contributed by atoms with Gasteiger partial charge in [0.2, 0.25) is 0 Å².